The molecule has 0 saturated heterocycles. The molecule has 0 rings (SSSR count). The highest BCUT2D eigenvalue weighted by atomic mass is 19.4. The molecule has 0 bridgehead atoms. The van der Waals surface area contributed by atoms with Crippen LogP contribution in [0.15, 0.2) is 12.2 Å². The van der Waals surface area contributed by atoms with Crippen molar-refractivity contribution in [2.45, 2.75) is 12.6 Å². The van der Waals surface area contributed by atoms with E-state index < -0.39 is 12.6 Å². The molecule has 0 aliphatic carbocycles. The second-order valence-corrected chi connectivity index (χ2v) is 1.59. The van der Waals surface area contributed by atoms with Crippen LogP contribution in [0, 0.1) is 5.41 Å². The zero-order valence-electron chi connectivity index (χ0n) is 4.63. The Kier molecular flexibility index (Phi) is 2.42. The Bertz CT molecular complexity index is 125. The van der Waals surface area contributed by atoms with E-state index in [4.69, 9.17) is 5.41 Å². The maximum Gasteiger partial charge on any atom is 0.393 e. The number of halogens is 3. The van der Waals surface area contributed by atoms with Crippen LogP contribution in [-0.4, -0.2) is 12.4 Å². The van der Waals surface area contributed by atoms with E-state index in [0.29, 0.717) is 6.21 Å². The fourth-order valence-corrected chi connectivity index (χ4v) is 0.308. The maximum absolute atomic E-state index is 11.3. The molecule has 0 spiro atoms. The number of alkyl halides is 3. The molecule has 0 amide bonds. The molecule has 0 aromatic heterocycles. The van der Waals surface area contributed by atoms with Gasteiger partial charge in [0.2, 0.25) is 0 Å². The zero-order valence-corrected chi connectivity index (χ0v) is 4.63. The van der Waals surface area contributed by atoms with E-state index in [9.17, 15) is 13.2 Å². The second kappa shape index (κ2) is 2.66. The molecule has 0 saturated carbocycles. The van der Waals surface area contributed by atoms with Gasteiger partial charge in [-0.3, -0.25) is 0 Å². The van der Waals surface area contributed by atoms with Gasteiger partial charge in [-0.25, -0.2) is 0 Å². The molecule has 0 aromatic carbocycles. The molecular formula is C5H6F3N. The molecule has 0 radical (unpaired) electrons. The van der Waals surface area contributed by atoms with Gasteiger partial charge in [-0.15, -0.1) is 0 Å². The summed E-state index contributed by atoms with van der Waals surface area (Å²) in [6.45, 7) is 3.00. The molecule has 0 aliphatic rings. The van der Waals surface area contributed by atoms with Crippen molar-refractivity contribution in [3.8, 4) is 0 Å². The van der Waals surface area contributed by atoms with Crippen LogP contribution in [-0.2, 0) is 0 Å². The molecule has 9 heavy (non-hydrogen) atoms. The summed E-state index contributed by atoms with van der Waals surface area (Å²) >= 11 is 0. The van der Waals surface area contributed by atoms with E-state index in [1.54, 1.807) is 0 Å². The zero-order chi connectivity index (χ0) is 7.49. The lowest BCUT2D eigenvalue weighted by atomic mass is 10.2. The Labute approximate surface area is 50.7 Å². The SMILES string of the molecule is C=C(C=N)CC(F)(F)F. The molecule has 0 atom stereocenters. The van der Waals surface area contributed by atoms with Gasteiger partial charge in [-0.05, 0) is 5.57 Å². The lowest BCUT2D eigenvalue weighted by Crippen LogP contribution is -2.08. The van der Waals surface area contributed by atoms with E-state index in [-0.39, 0.29) is 5.57 Å². The lowest BCUT2D eigenvalue weighted by Gasteiger charge is -2.03. The molecule has 52 valence electrons. The Morgan fingerprint density at radius 2 is 2.00 bits per heavy atom. The average Bonchev–Trinajstić information content (AvgIpc) is 1.62. The molecular weight excluding hydrogens is 131 g/mol. The smallest absolute Gasteiger partial charge is 0.308 e. The Morgan fingerprint density at radius 1 is 1.56 bits per heavy atom. The van der Waals surface area contributed by atoms with Crippen LogP contribution in [0.3, 0.4) is 0 Å². The van der Waals surface area contributed by atoms with Gasteiger partial charge in [0.05, 0.1) is 6.42 Å². The summed E-state index contributed by atoms with van der Waals surface area (Å²) in [5.74, 6) is 0. The van der Waals surface area contributed by atoms with Gasteiger partial charge in [-0.1, -0.05) is 6.58 Å². The molecule has 0 fully saturated rings. The molecule has 0 aromatic rings. The Morgan fingerprint density at radius 3 is 2.11 bits per heavy atom. The Hall–Kier alpha value is -0.800. The van der Waals surface area contributed by atoms with Crippen molar-refractivity contribution in [1.29, 1.82) is 5.41 Å². The summed E-state index contributed by atoms with van der Waals surface area (Å²) in [5, 5.41) is 6.36. The summed E-state index contributed by atoms with van der Waals surface area (Å²) in [7, 11) is 0. The van der Waals surface area contributed by atoms with E-state index in [1.165, 1.54) is 0 Å². The first kappa shape index (κ1) is 8.20. The normalized spacial score (nSPS) is 11.0. The highest BCUT2D eigenvalue weighted by Crippen LogP contribution is 2.22. The van der Waals surface area contributed by atoms with Crippen LogP contribution in [0.4, 0.5) is 13.2 Å². The minimum Gasteiger partial charge on any atom is -0.308 e. The predicted molar refractivity (Wildman–Crippen MR) is 28.6 cm³/mol. The van der Waals surface area contributed by atoms with Gasteiger partial charge < -0.3 is 5.41 Å². The molecule has 0 unspecified atom stereocenters. The van der Waals surface area contributed by atoms with Crippen molar-refractivity contribution in [2.75, 3.05) is 0 Å². The van der Waals surface area contributed by atoms with Crippen LogP contribution in [0.1, 0.15) is 6.42 Å². The Balaban J connectivity index is 3.74. The van der Waals surface area contributed by atoms with Crippen molar-refractivity contribution in [3.05, 3.63) is 12.2 Å². The standard InChI is InChI=1S/C5H6F3N/c1-4(3-9)2-5(6,7)8/h3,9H,1-2H2. The highest BCUT2D eigenvalue weighted by molar-refractivity contribution is 5.74. The van der Waals surface area contributed by atoms with E-state index in [0.717, 1.165) is 0 Å². The van der Waals surface area contributed by atoms with Gasteiger partial charge >= 0.3 is 6.18 Å². The minimum absolute atomic E-state index is 0.220. The van der Waals surface area contributed by atoms with Gasteiger partial charge in [-0.2, -0.15) is 13.2 Å². The van der Waals surface area contributed by atoms with Crippen molar-refractivity contribution in [1.82, 2.24) is 0 Å². The van der Waals surface area contributed by atoms with E-state index >= 15 is 0 Å². The fourth-order valence-electron chi connectivity index (χ4n) is 0.308. The molecule has 0 heterocycles. The van der Waals surface area contributed by atoms with Crippen molar-refractivity contribution in [2.24, 2.45) is 0 Å². The molecule has 4 heteroatoms. The quantitative estimate of drug-likeness (QED) is 0.564. The first-order valence-electron chi connectivity index (χ1n) is 2.20. The number of hydrogen-bond donors (Lipinski definition) is 1. The summed E-state index contributed by atoms with van der Waals surface area (Å²) in [6, 6.07) is 0. The topological polar surface area (TPSA) is 23.9 Å². The van der Waals surface area contributed by atoms with Gasteiger partial charge in [0, 0.05) is 6.21 Å². The third-order valence-electron chi connectivity index (χ3n) is 0.632. The maximum atomic E-state index is 11.3. The number of hydrogen-bond acceptors (Lipinski definition) is 1. The number of allylic oxidation sites excluding steroid dienone is 1. The van der Waals surface area contributed by atoms with Gasteiger partial charge in [0.15, 0.2) is 0 Å². The van der Waals surface area contributed by atoms with Crippen LogP contribution in [0.5, 0.6) is 0 Å². The first-order chi connectivity index (χ1) is 3.95. The minimum atomic E-state index is -4.23. The van der Waals surface area contributed by atoms with Crippen molar-refractivity contribution >= 4 is 6.21 Å². The van der Waals surface area contributed by atoms with Gasteiger partial charge in [0.1, 0.15) is 0 Å². The van der Waals surface area contributed by atoms with Crippen molar-refractivity contribution in [3.63, 3.8) is 0 Å². The summed E-state index contributed by atoms with van der Waals surface area (Å²) in [6.07, 6.45) is -4.71. The van der Waals surface area contributed by atoms with Crippen LogP contribution >= 0.6 is 0 Å². The van der Waals surface area contributed by atoms with Crippen LogP contribution in [0.2, 0.25) is 0 Å². The van der Waals surface area contributed by atoms with Crippen LogP contribution < -0.4 is 0 Å². The average molecular weight is 137 g/mol. The highest BCUT2D eigenvalue weighted by Gasteiger charge is 2.27. The lowest BCUT2D eigenvalue weighted by molar-refractivity contribution is -0.125. The number of nitrogens with one attached hydrogen (secondary N) is 1. The third kappa shape index (κ3) is 5.06. The third-order valence-corrected chi connectivity index (χ3v) is 0.632. The predicted octanol–water partition coefficient (Wildman–Crippen LogP) is 2.14. The molecule has 0 aliphatic heterocycles. The van der Waals surface area contributed by atoms with Gasteiger partial charge in [0.25, 0.3) is 0 Å². The fraction of sp³-hybridized carbons (Fsp3) is 0.400. The van der Waals surface area contributed by atoms with Crippen LogP contribution in [0.25, 0.3) is 0 Å². The van der Waals surface area contributed by atoms with E-state index in [1.807, 2.05) is 0 Å². The summed E-state index contributed by atoms with van der Waals surface area (Å²) in [4.78, 5) is 0. The number of rotatable bonds is 2. The molecule has 1 N–H and O–H groups in total. The largest absolute Gasteiger partial charge is 0.393 e. The second-order valence-electron chi connectivity index (χ2n) is 1.59. The summed E-state index contributed by atoms with van der Waals surface area (Å²) in [5.41, 5.74) is -0.220. The first-order valence-corrected chi connectivity index (χ1v) is 2.20. The van der Waals surface area contributed by atoms with E-state index in [2.05, 4.69) is 6.58 Å². The summed E-state index contributed by atoms with van der Waals surface area (Å²) < 4.78 is 34.0. The monoisotopic (exact) mass is 137 g/mol. The van der Waals surface area contributed by atoms with Crippen molar-refractivity contribution < 1.29 is 13.2 Å². The molecule has 1 nitrogen and oxygen atoms in total.